The van der Waals surface area contributed by atoms with Gasteiger partial charge in [0.15, 0.2) is 0 Å². The van der Waals surface area contributed by atoms with Crippen LogP contribution in [-0.2, 0) is 16.8 Å². The van der Waals surface area contributed by atoms with Gasteiger partial charge < -0.3 is 26.3 Å². The van der Waals surface area contributed by atoms with Crippen molar-refractivity contribution in [3.8, 4) is 11.3 Å². The second-order valence-electron chi connectivity index (χ2n) is 8.85. The molecule has 3 aromatic rings. The van der Waals surface area contributed by atoms with Gasteiger partial charge in [-0.3, -0.25) is 9.59 Å². The van der Waals surface area contributed by atoms with Crippen molar-refractivity contribution in [3.63, 3.8) is 0 Å². The number of fused-ring (bicyclic) bond motifs is 2. The number of hydrogen-bond acceptors (Lipinski definition) is 5. The van der Waals surface area contributed by atoms with Gasteiger partial charge in [-0.1, -0.05) is 24.8 Å². The van der Waals surface area contributed by atoms with E-state index in [9.17, 15) is 9.59 Å². The van der Waals surface area contributed by atoms with E-state index >= 15 is 0 Å². The third-order valence-corrected chi connectivity index (χ3v) is 6.64. The first-order valence-corrected chi connectivity index (χ1v) is 11.5. The first kappa shape index (κ1) is 21.9. The Balaban J connectivity index is 1.38. The number of anilines is 2. The number of hydrogen-bond donors (Lipinski definition) is 5. The number of piperidine rings is 1. The largest absolute Gasteiger partial charge is 0.366 e. The highest BCUT2D eigenvalue weighted by atomic mass is 16.2. The predicted octanol–water partition coefficient (Wildman–Crippen LogP) is 3.18. The third kappa shape index (κ3) is 4.20. The van der Waals surface area contributed by atoms with E-state index < -0.39 is 0 Å². The van der Waals surface area contributed by atoms with E-state index in [-0.39, 0.29) is 17.2 Å². The molecule has 1 aromatic carbocycles. The van der Waals surface area contributed by atoms with Crippen LogP contribution in [-0.4, -0.2) is 41.4 Å². The Morgan fingerprint density at radius 2 is 2.09 bits per heavy atom. The van der Waals surface area contributed by atoms with Crippen LogP contribution in [0.1, 0.15) is 34.5 Å². The average Bonchev–Trinajstić information content (AvgIpc) is 3.34. The summed E-state index contributed by atoms with van der Waals surface area (Å²) in [7, 11) is 0. The van der Waals surface area contributed by atoms with E-state index in [0.29, 0.717) is 18.9 Å². The summed E-state index contributed by atoms with van der Waals surface area (Å²) in [6, 6.07) is 13.4. The van der Waals surface area contributed by atoms with Crippen molar-refractivity contribution < 1.29 is 9.59 Å². The van der Waals surface area contributed by atoms with Gasteiger partial charge in [0.25, 0.3) is 5.91 Å². The van der Waals surface area contributed by atoms with Gasteiger partial charge >= 0.3 is 0 Å². The van der Waals surface area contributed by atoms with E-state index in [0.717, 1.165) is 59.7 Å². The van der Waals surface area contributed by atoms with Gasteiger partial charge in [-0.05, 0) is 55.3 Å². The number of rotatable bonds is 6. The van der Waals surface area contributed by atoms with Gasteiger partial charge in [0, 0.05) is 53.9 Å². The molecule has 34 heavy (non-hydrogen) atoms. The van der Waals surface area contributed by atoms with Crippen molar-refractivity contribution in [2.75, 3.05) is 30.3 Å². The van der Waals surface area contributed by atoms with Gasteiger partial charge in [0.05, 0.1) is 5.56 Å². The topological polar surface area (TPSA) is 111 Å². The van der Waals surface area contributed by atoms with E-state index in [1.54, 1.807) is 6.20 Å². The number of benzene rings is 1. The van der Waals surface area contributed by atoms with Crippen LogP contribution in [0.3, 0.4) is 0 Å². The molecule has 4 heterocycles. The zero-order chi connectivity index (χ0) is 23.5. The van der Waals surface area contributed by atoms with Crippen LogP contribution < -0.4 is 21.3 Å². The van der Waals surface area contributed by atoms with Gasteiger partial charge in [-0.15, -0.1) is 0 Å². The van der Waals surface area contributed by atoms with Gasteiger partial charge in [-0.2, -0.15) is 0 Å². The van der Waals surface area contributed by atoms with E-state index in [1.807, 2.05) is 42.5 Å². The molecular formula is C26H28N6O2. The quantitative estimate of drug-likeness (QED) is 0.366. The molecule has 2 aliphatic heterocycles. The number of aromatic nitrogens is 2. The fourth-order valence-electron chi connectivity index (χ4n) is 4.83. The normalized spacial score (nSPS) is 19.2. The van der Waals surface area contributed by atoms with Gasteiger partial charge in [0.2, 0.25) is 5.91 Å². The summed E-state index contributed by atoms with van der Waals surface area (Å²) >= 11 is 0. The fraction of sp³-hybridized carbons (Fsp3) is 0.269. The molecule has 5 N–H and O–H groups in total. The molecule has 174 valence electrons. The van der Waals surface area contributed by atoms with E-state index in [4.69, 9.17) is 0 Å². The molecule has 8 nitrogen and oxygen atoms in total. The predicted molar refractivity (Wildman–Crippen MR) is 133 cm³/mol. The third-order valence-electron chi connectivity index (χ3n) is 6.64. The number of carbonyl (C=O) groups excluding carboxylic acids is 2. The standard InChI is InChI=1S/C26H28N6O2/c1-2-23(33)31-20-7-4-3-6-18(20)14-29-22-12-17(8-11-28-22)21-13-19-24(32-21)26(16-30-25(19)34)9-5-10-27-15-26/h2-4,6-8,11-13,27,32H,1,5,9-10,14-16H2,(H,28,29)(H,30,34)(H,31,33). The maximum Gasteiger partial charge on any atom is 0.253 e. The van der Waals surface area contributed by atoms with E-state index in [1.165, 1.54) is 6.08 Å². The Kier molecular flexibility index (Phi) is 5.90. The number of para-hydroxylation sites is 1. The molecule has 1 fully saturated rings. The van der Waals surface area contributed by atoms with Crippen molar-refractivity contribution in [1.82, 2.24) is 20.6 Å². The van der Waals surface area contributed by atoms with Crippen LogP contribution in [0.25, 0.3) is 11.3 Å². The van der Waals surface area contributed by atoms with E-state index in [2.05, 4.69) is 37.8 Å². The minimum Gasteiger partial charge on any atom is -0.366 e. The second kappa shape index (κ2) is 9.15. The molecular weight excluding hydrogens is 428 g/mol. The monoisotopic (exact) mass is 456 g/mol. The highest BCUT2D eigenvalue weighted by Crippen LogP contribution is 2.37. The van der Waals surface area contributed by atoms with Crippen LogP contribution in [0.2, 0.25) is 0 Å². The highest BCUT2D eigenvalue weighted by Gasteiger charge is 2.42. The molecule has 1 spiro atoms. The molecule has 1 unspecified atom stereocenters. The van der Waals surface area contributed by atoms with Crippen molar-refractivity contribution in [2.24, 2.45) is 0 Å². The highest BCUT2D eigenvalue weighted by molar-refractivity contribution is 5.99. The number of pyridine rings is 1. The molecule has 0 saturated carbocycles. The minimum absolute atomic E-state index is 0.0284. The summed E-state index contributed by atoms with van der Waals surface area (Å²) in [4.78, 5) is 32.3. The van der Waals surface area contributed by atoms with Crippen molar-refractivity contribution in [2.45, 2.75) is 24.8 Å². The number of H-pyrrole nitrogens is 1. The maximum atomic E-state index is 12.6. The molecule has 2 aliphatic rings. The molecule has 2 aromatic heterocycles. The molecule has 8 heteroatoms. The van der Waals surface area contributed by atoms with Crippen molar-refractivity contribution in [3.05, 3.63) is 78.1 Å². The SMILES string of the molecule is C=CC(=O)Nc1ccccc1CNc1cc(-c2cc3c([nH]2)C2(CCCNC2)CNC3=O)ccn1. The van der Waals surface area contributed by atoms with Gasteiger partial charge in [0.1, 0.15) is 5.82 Å². The summed E-state index contributed by atoms with van der Waals surface area (Å²) in [6.45, 7) is 6.51. The van der Waals surface area contributed by atoms with Crippen LogP contribution in [0.4, 0.5) is 11.5 Å². The molecule has 1 saturated heterocycles. The summed E-state index contributed by atoms with van der Waals surface area (Å²) in [6.07, 6.45) is 5.12. The number of nitrogens with zero attached hydrogens (tertiary/aromatic N) is 1. The molecule has 0 bridgehead atoms. The van der Waals surface area contributed by atoms with Crippen LogP contribution >= 0.6 is 0 Å². The smallest absolute Gasteiger partial charge is 0.253 e. The average molecular weight is 457 g/mol. The summed E-state index contributed by atoms with van der Waals surface area (Å²) in [5.74, 6) is 0.422. The number of aromatic amines is 1. The number of carbonyl (C=O) groups is 2. The second-order valence-corrected chi connectivity index (χ2v) is 8.85. The summed E-state index contributed by atoms with van der Waals surface area (Å²) < 4.78 is 0. The zero-order valence-electron chi connectivity index (χ0n) is 18.9. The molecule has 0 radical (unpaired) electrons. The number of nitrogens with one attached hydrogen (secondary N) is 5. The van der Waals surface area contributed by atoms with Crippen LogP contribution in [0.5, 0.6) is 0 Å². The Morgan fingerprint density at radius 3 is 2.91 bits per heavy atom. The molecule has 1 atom stereocenters. The lowest BCUT2D eigenvalue weighted by molar-refractivity contribution is -0.111. The summed E-state index contributed by atoms with van der Waals surface area (Å²) in [5.41, 5.74) is 5.17. The molecule has 0 aliphatic carbocycles. The lowest BCUT2D eigenvalue weighted by Crippen LogP contribution is -2.54. The van der Waals surface area contributed by atoms with Crippen molar-refractivity contribution in [1.29, 1.82) is 0 Å². The molecule has 5 rings (SSSR count). The number of amides is 2. The van der Waals surface area contributed by atoms with Crippen LogP contribution in [0.15, 0.2) is 61.3 Å². The fourth-order valence-corrected chi connectivity index (χ4v) is 4.83. The lowest BCUT2D eigenvalue weighted by atomic mass is 9.74. The minimum atomic E-state index is -0.252. The first-order chi connectivity index (χ1) is 16.6. The first-order valence-electron chi connectivity index (χ1n) is 11.5. The Labute approximate surface area is 198 Å². The Morgan fingerprint density at radius 1 is 1.21 bits per heavy atom. The van der Waals surface area contributed by atoms with Crippen LogP contribution in [0, 0.1) is 0 Å². The summed E-state index contributed by atoms with van der Waals surface area (Å²) in [5, 5.41) is 12.7. The van der Waals surface area contributed by atoms with Gasteiger partial charge in [-0.25, -0.2) is 4.98 Å². The van der Waals surface area contributed by atoms with Crippen molar-refractivity contribution >= 4 is 23.3 Å². The maximum absolute atomic E-state index is 12.6. The Bertz CT molecular complexity index is 1240. The Hall–Kier alpha value is -3.91. The molecule has 2 amide bonds. The zero-order valence-corrected chi connectivity index (χ0v) is 18.9. The lowest BCUT2D eigenvalue weighted by Gasteiger charge is -2.40.